The molecular weight excluding hydrogens is 446 g/mol. The van der Waals surface area contributed by atoms with Crippen LogP contribution in [0.1, 0.15) is 74.7 Å². The molecule has 1 aliphatic rings. The summed E-state index contributed by atoms with van der Waals surface area (Å²) in [6.07, 6.45) is 4.03. The molecule has 0 aromatic carbocycles. The Morgan fingerprint density at radius 1 is 1.31 bits per heavy atom. The smallest absolute Gasteiger partial charge is 0.259 e. The Labute approximate surface area is 205 Å². The minimum atomic E-state index is -0.259. The summed E-state index contributed by atoms with van der Waals surface area (Å²) in [6, 6.07) is 3.70. The molecule has 0 radical (unpaired) electrons. The minimum absolute atomic E-state index is 0.0256. The molecule has 1 amide bonds. The lowest BCUT2D eigenvalue weighted by Crippen LogP contribution is -2.52. The van der Waals surface area contributed by atoms with Gasteiger partial charge in [0.2, 0.25) is 0 Å². The zero-order chi connectivity index (χ0) is 25.0. The number of rotatable bonds is 8. The number of nitrogens with one attached hydrogen (secondary N) is 3. The van der Waals surface area contributed by atoms with E-state index < -0.39 is 0 Å². The molecule has 188 valence electrons. The molecule has 4 rings (SSSR count). The van der Waals surface area contributed by atoms with Crippen LogP contribution in [-0.4, -0.2) is 67.1 Å². The molecule has 2 atom stereocenters. The first kappa shape index (κ1) is 24.8. The maximum absolute atomic E-state index is 14.0. The van der Waals surface area contributed by atoms with Crippen molar-refractivity contribution >= 4 is 11.7 Å². The molecule has 0 aliphatic carbocycles. The lowest BCUT2D eigenvalue weighted by atomic mass is 9.93. The van der Waals surface area contributed by atoms with Crippen molar-refractivity contribution in [1.82, 2.24) is 40.8 Å². The van der Waals surface area contributed by atoms with Crippen LogP contribution in [-0.2, 0) is 12.0 Å². The Kier molecular flexibility index (Phi) is 7.44. The molecule has 2 unspecified atom stereocenters. The van der Waals surface area contributed by atoms with Crippen molar-refractivity contribution in [3.05, 3.63) is 47.6 Å². The van der Waals surface area contributed by atoms with Gasteiger partial charge >= 0.3 is 0 Å². The van der Waals surface area contributed by atoms with E-state index in [9.17, 15) is 4.79 Å². The van der Waals surface area contributed by atoms with Crippen molar-refractivity contribution in [3.8, 4) is 0 Å². The van der Waals surface area contributed by atoms with E-state index >= 15 is 0 Å². The largest absolute Gasteiger partial charge is 0.467 e. The zero-order valence-electron chi connectivity index (χ0n) is 21.1. The van der Waals surface area contributed by atoms with Gasteiger partial charge in [-0.3, -0.25) is 4.79 Å². The Balaban J connectivity index is 1.63. The lowest BCUT2D eigenvalue weighted by molar-refractivity contribution is 0.0607. The molecule has 0 saturated carbocycles. The van der Waals surface area contributed by atoms with Gasteiger partial charge in [0.25, 0.3) is 5.91 Å². The fourth-order valence-electron chi connectivity index (χ4n) is 4.26. The maximum Gasteiger partial charge on any atom is 0.259 e. The number of carbonyl (C=O) groups is 1. The van der Waals surface area contributed by atoms with Crippen LogP contribution in [0.15, 0.2) is 29.0 Å². The third-order valence-corrected chi connectivity index (χ3v) is 6.02. The first-order valence-corrected chi connectivity index (χ1v) is 12.1. The maximum atomic E-state index is 14.0. The molecule has 11 heteroatoms. The highest BCUT2D eigenvalue weighted by Gasteiger charge is 2.34. The van der Waals surface area contributed by atoms with Gasteiger partial charge in [-0.2, -0.15) is 5.21 Å². The van der Waals surface area contributed by atoms with Crippen LogP contribution < -0.4 is 10.6 Å². The number of nitrogens with zero attached hydrogens (tertiary/aromatic N) is 6. The molecule has 3 N–H and O–H groups in total. The lowest BCUT2D eigenvalue weighted by Gasteiger charge is -2.38. The van der Waals surface area contributed by atoms with Crippen molar-refractivity contribution in [2.45, 2.75) is 65.0 Å². The second kappa shape index (κ2) is 10.5. The van der Waals surface area contributed by atoms with Crippen LogP contribution >= 0.6 is 0 Å². The van der Waals surface area contributed by atoms with Gasteiger partial charge in [-0.25, -0.2) is 9.97 Å². The van der Waals surface area contributed by atoms with Crippen molar-refractivity contribution in [2.75, 3.05) is 25.0 Å². The second-order valence-electron chi connectivity index (χ2n) is 10.5. The molecule has 35 heavy (non-hydrogen) atoms. The van der Waals surface area contributed by atoms with Gasteiger partial charge < -0.3 is 20.0 Å². The monoisotopic (exact) mass is 481 g/mol. The van der Waals surface area contributed by atoms with Gasteiger partial charge in [-0.1, -0.05) is 39.8 Å². The van der Waals surface area contributed by atoms with E-state index in [4.69, 9.17) is 9.40 Å². The molecule has 1 aliphatic heterocycles. The van der Waals surface area contributed by atoms with E-state index in [-0.39, 0.29) is 23.3 Å². The van der Waals surface area contributed by atoms with E-state index in [0.29, 0.717) is 48.6 Å². The average Bonchev–Trinajstić information content (AvgIpc) is 3.54. The third kappa shape index (κ3) is 6.02. The fourth-order valence-corrected chi connectivity index (χ4v) is 4.26. The molecule has 0 bridgehead atoms. The standard InChI is InChI=1S/C24H35N9O2/c1-15(2)14-33(17-9-16(10-25-11-17)20-29-31-32-30-20)22(34)19-13-27-23(24(3,4)5)28-21(19)26-12-18-7-6-8-35-18/h6-8,13,15-17,25H,9-12,14H2,1-5H3,(H,26,27,28)(H,29,30,31,32). The van der Waals surface area contributed by atoms with Crippen LogP contribution in [0.2, 0.25) is 0 Å². The summed E-state index contributed by atoms with van der Waals surface area (Å²) in [5.41, 5.74) is 0.192. The van der Waals surface area contributed by atoms with Gasteiger partial charge in [-0.15, -0.1) is 10.2 Å². The quantitative estimate of drug-likeness (QED) is 0.443. The van der Waals surface area contributed by atoms with Gasteiger partial charge in [0.05, 0.1) is 12.8 Å². The Bertz CT molecular complexity index is 1090. The number of anilines is 1. The molecule has 1 fully saturated rings. The first-order valence-electron chi connectivity index (χ1n) is 12.1. The predicted molar refractivity (Wildman–Crippen MR) is 131 cm³/mol. The first-order chi connectivity index (χ1) is 16.7. The predicted octanol–water partition coefficient (Wildman–Crippen LogP) is 2.74. The van der Waals surface area contributed by atoms with Crippen LogP contribution in [0.3, 0.4) is 0 Å². The third-order valence-electron chi connectivity index (χ3n) is 6.02. The van der Waals surface area contributed by atoms with E-state index in [1.54, 1.807) is 12.5 Å². The van der Waals surface area contributed by atoms with Gasteiger partial charge in [-0.05, 0) is 24.5 Å². The highest BCUT2D eigenvalue weighted by Crippen LogP contribution is 2.27. The van der Waals surface area contributed by atoms with Gasteiger partial charge in [0, 0.05) is 43.2 Å². The highest BCUT2D eigenvalue weighted by molar-refractivity contribution is 5.98. The molecule has 3 aromatic heterocycles. The number of carbonyl (C=O) groups excluding carboxylic acids is 1. The van der Waals surface area contributed by atoms with Gasteiger partial charge in [0.15, 0.2) is 5.82 Å². The van der Waals surface area contributed by atoms with E-state index in [1.165, 1.54) is 0 Å². The number of piperidine rings is 1. The summed E-state index contributed by atoms with van der Waals surface area (Å²) in [6.45, 7) is 12.9. The van der Waals surface area contributed by atoms with Crippen LogP contribution in [0.25, 0.3) is 0 Å². The van der Waals surface area contributed by atoms with Crippen LogP contribution in [0, 0.1) is 5.92 Å². The number of furan rings is 1. The minimum Gasteiger partial charge on any atom is -0.467 e. The number of tetrazole rings is 1. The molecule has 1 saturated heterocycles. The number of amides is 1. The topological polar surface area (TPSA) is 138 Å². The Hall–Kier alpha value is -3.34. The number of H-pyrrole nitrogens is 1. The number of aromatic amines is 1. The summed E-state index contributed by atoms with van der Waals surface area (Å²) in [5, 5.41) is 21.3. The summed E-state index contributed by atoms with van der Waals surface area (Å²) < 4.78 is 5.47. The summed E-state index contributed by atoms with van der Waals surface area (Å²) in [7, 11) is 0. The molecule has 3 aromatic rings. The number of hydrogen-bond acceptors (Lipinski definition) is 9. The van der Waals surface area contributed by atoms with Crippen molar-refractivity contribution in [1.29, 1.82) is 0 Å². The van der Waals surface area contributed by atoms with Crippen molar-refractivity contribution in [3.63, 3.8) is 0 Å². The molecule has 11 nitrogen and oxygen atoms in total. The fraction of sp³-hybridized carbons (Fsp3) is 0.583. The van der Waals surface area contributed by atoms with Gasteiger partial charge in [0.1, 0.15) is 23.0 Å². The second-order valence-corrected chi connectivity index (χ2v) is 10.5. The number of aromatic nitrogens is 6. The SMILES string of the molecule is CC(C)CN(C(=O)c1cnc(C(C)(C)C)nc1NCc1ccco1)C1CNCC(c2nn[nH]n2)C1. The van der Waals surface area contributed by atoms with Crippen LogP contribution in [0.5, 0.6) is 0 Å². The highest BCUT2D eigenvalue weighted by atomic mass is 16.3. The summed E-state index contributed by atoms with van der Waals surface area (Å²) in [5.74, 6) is 2.88. The molecule has 0 spiro atoms. The van der Waals surface area contributed by atoms with Crippen molar-refractivity contribution < 1.29 is 9.21 Å². The Morgan fingerprint density at radius 2 is 2.14 bits per heavy atom. The van der Waals surface area contributed by atoms with E-state index in [0.717, 1.165) is 18.7 Å². The zero-order valence-corrected chi connectivity index (χ0v) is 21.1. The van der Waals surface area contributed by atoms with Crippen LogP contribution in [0.4, 0.5) is 5.82 Å². The Morgan fingerprint density at radius 3 is 2.80 bits per heavy atom. The molecular formula is C24H35N9O2. The summed E-state index contributed by atoms with van der Waals surface area (Å²) >= 11 is 0. The average molecular weight is 482 g/mol. The van der Waals surface area contributed by atoms with E-state index in [2.05, 4.69) is 70.9 Å². The number of hydrogen-bond donors (Lipinski definition) is 3. The molecule has 4 heterocycles. The van der Waals surface area contributed by atoms with Crippen molar-refractivity contribution in [2.24, 2.45) is 5.92 Å². The normalized spacial score (nSPS) is 18.6. The van der Waals surface area contributed by atoms with E-state index in [1.807, 2.05) is 17.0 Å². The summed E-state index contributed by atoms with van der Waals surface area (Å²) in [4.78, 5) is 25.3.